The van der Waals surface area contributed by atoms with E-state index in [0.29, 0.717) is 18.2 Å². The summed E-state index contributed by atoms with van der Waals surface area (Å²) in [4.78, 5) is 31.1. The van der Waals surface area contributed by atoms with Gasteiger partial charge in [0.05, 0.1) is 29.3 Å². The first-order valence-electron chi connectivity index (χ1n) is 10.3. The van der Waals surface area contributed by atoms with E-state index in [4.69, 9.17) is 9.47 Å². The van der Waals surface area contributed by atoms with Crippen LogP contribution in [-0.4, -0.2) is 23.0 Å². The number of fused-ring (bicyclic) bond motifs is 1. The number of anilines is 1. The van der Waals surface area contributed by atoms with Gasteiger partial charge in [0.2, 0.25) is 17.5 Å². The molecule has 0 unspecified atom stereocenters. The number of carbonyl (C=O) groups excluding carboxylic acids is 1. The average molecular weight is 523 g/mol. The van der Waals surface area contributed by atoms with E-state index in [2.05, 4.69) is 15.3 Å². The number of methoxy groups -OCH3 is 1. The Labute approximate surface area is 203 Å². The van der Waals surface area contributed by atoms with E-state index < -0.39 is 57.8 Å². The van der Waals surface area contributed by atoms with Gasteiger partial charge in [-0.15, -0.1) is 0 Å². The van der Waals surface area contributed by atoms with Crippen LogP contribution in [0.4, 0.5) is 32.2 Å². The molecule has 0 saturated heterocycles. The second-order valence-electron chi connectivity index (χ2n) is 7.63. The largest absolute Gasteiger partial charge is 0.490 e. The zero-order chi connectivity index (χ0) is 27.1. The lowest BCUT2D eigenvalue weighted by Gasteiger charge is -2.17. The second kappa shape index (κ2) is 9.48. The molecule has 0 aliphatic heterocycles. The number of alkyl halides is 3. The first kappa shape index (κ1) is 25.5. The molecule has 0 atom stereocenters. The Hall–Kier alpha value is -4.55. The number of halogens is 6. The van der Waals surface area contributed by atoms with Gasteiger partial charge >= 0.3 is 6.18 Å². The van der Waals surface area contributed by atoms with E-state index in [0.717, 1.165) is 19.2 Å². The minimum absolute atomic E-state index is 0.0430. The highest BCUT2D eigenvalue weighted by Gasteiger charge is 2.36. The van der Waals surface area contributed by atoms with Gasteiger partial charge in [-0.25, -0.2) is 13.8 Å². The standard InChI is InChI=1S/C24H15F6N3O4/c1-10(34)32-23-20-15(5-6-31-23)33-16(9-17(20)35)11-7-14(26)12(24(28,29)30)8-19(11)37-18-4-3-13(25)21(27)22(18)36-2/h3-9H,1-2H3,(H,33,35)(H,31,32,34). The smallest absolute Gasteiger partial charge is 0.419 e. The van der Waals surface area contributed by atoms with Gasteiger partial charge in [-0.05, 0) is 30.3 Å². The summed E-state index contributed by atoms with van der Waals surface area (Å²) < 4.78 is 93.0. The van der Waals surface area contributed by atoms with Crippen LogP contribution < -0.4 is 20.2 Å². The number of ether oxygens (including phenoxy) is 2. The van der Waals surface area contributed by atoms with E-state index >= 15 is 0 Å². The van der Waals surface area contributed by atoms with Crippen LogP contribution in [0.15, 0.2) is 47.4 Å². The third-order valence-electron chi connectivity index (χ3n) is 5.14. The highest BCUT2D eigenvalue weighted by atomic mass is 19.4. The molecule has 0 bridgehead atoms. The van der Waals surface area contributed by atoms with Gasteiger partial charge in [0.1, 0.15) is 17.4 Å². The minimum atomic E-state index is -5.13. The number of benzene rings is 2. The Kier molecular flexibility index (Phi) is 6.55. The number of amides is 1. The molecule has 2 aromatic heterocycles. The van der Waals surface area contributed by atoms with Crippen molar-refractivity contribution in [1.82, 2.24) is 9.97 Å². The summed E-state index contributed by atoms with van der Waals surface area (Å²) in [7, 11) is 0.985. The summed E-state index contributed by atoms with van der Waals surface area (Å²) in [6.45, 7) is 1.20. The Morgan fingerprint density at radius 1 is 1.03 bits per heavy atom. The van der Waals surface area contributed by atoms with Crippen molar-refractivity contribution >= 4 is 22.6 Å². The quantitative estimate of drug-likeness (QED) is 0.323. The molecule has 7 nitrogen and oxygen atoms in total. The SMILES string of the molecule is COc1c(Oc2cc(C(F)(F)F)c(F)cc2-c2cc(=O)c3c(NC(C)=O)nccc3[nH]2)ccc(F)c1F. The van der Waals surface area contributed by atoms with Crippen molar-refractivity contribution in [2.45, 2.75) is 13.1 Å². The fourth-order valence-corrected chi connectivity index (χ4v) is 3.58. The third kappa shape index (κ3) is 4.92. The average Bonchev–Trinajstić information content (AvgIpc) is 2.81. The Morgan fingerprint density at radius 2 is 1.76 bits per heavy atom. The van der Waals surface area contributed by atoms with Crippen molar-refractivity contribution in [2.24, 2.45) is 0 Å². The topological polar surface area (TPSA) is 93.3 Å². The molecule has 192 valence electrons. The lowest BCUT2D eigenvalue weighted by atomic mass is 10.0. The number of aromatic nitrogens is 2. The van der Waals surface area contributed by atoms with E-state index in [1.165, 1.54) is 19.2 Å². The van der Waals surface area contributed by atoms with Crippen molar-refractivity contribution in [2.75, 3.05) is 12.4 Å². The van der Waals surface area contributed by atoms with Gasteiger partial charge in [-0.3, -0.25) is 9.59 Å². The number of pyridine rings is 2. The van der Waals surface area contributed by atoms with Crippen molar-refractivity contribution in [3.63, 3.8) is 0 Å². The summed E-state index contributed by atoms with van der Waals surface area (Å²) in [5, 5.41) is 2.34. The second-order valence-corrected chi connectivity index (χ2v) is 7.63. The van der Waals surface area contributed by atoms with Gasteiger partial charge in [0.25, 0.3) is 0 Å². The molecule has 4 aromatic rings. The fraction of sp³-hybridized carbons (Fsp3) is 0.125. The molecule has 0 aliphatic rings. The number of rotatable bonds is 5. The summed E-state index contributed by atoms with van der Waals surface area (Å²) in [6, 6.07) is 4.67. The Bertz CT molecular complexity index is 1600. The van der Waals surface area contributed by atoms with Crippen LogP contribution in [0.5, 0.6) is 17.2 Å². The molecule has 0 saturated carbocycles. The number of hydrogen-bond acceptors (Lipinski definition) is 5. The van der Waals surface area contributed by atoms with E-state index in [-0.39, 0.29) is 28.0 Å². The van der Waals surface area contributed by atoms with Gasteiger partial charge in [-0.1, -0.05) is 0 Å². The van der Waals surface area contributed by atoms with Crippen LogP contribution in [0.25, 0.3) is 22.2 Å². The van der Waals surface area contributed by atoms with Crippen LogP contribution in [0.3, 0.4) is 0 Å². The van der Waals surface area contributed by atoms with Gasteiger partial charge in [0, 0.05) is 24.8 Å². The summed E-state index contributed by atoms with van der Waals surface area (Å²) >= 11 is 0. The van der Waals surface area contributed by atoms with Crippen LogP contribution in [0.2, 0.25) is 0 Å². The predicted molar refractivity (Wildman–Crippen MR) is 120 cm³/mol. The molecular formula is C24H15F6N3O4. The van der Waals surface area contributed by atoms with E-state index in [1.807, 2.05) is 0 Å². The first-order valence-corrected chi connectivity index (χ1v) is 10.3. The number of H-pyrrole nitrogens is 1. The molecule has 1 amide bonds. The predicted octanol–water partition coefficient (Wildman–Crippen LogP) is 5.79. The third-order valence-corrected chi connectivity index (χ3v) is 5.14. The zero-order valence-electron chi connectivity index (χ0n) is 18.9. The first-order chi connectivity index (χ1) is 17.4. The van der Waals surface area contributed by atoms with Crippen LogP contribution in [0, 0.1) is 17.5 Å². The maximum atomic E-state index is 14.6. The van der Waals surface area contributed by atoms with Crippen molar-refractivity contribution in [3.8, 4) is 28.5 Å². The van der Waals surface area contributed by atoms with Crippen molar-refractivity contribution < 1.29 is 40.6 Å². The molecule has 0 aliphatic carbocycles. The minimum Gasteiger partial charge on any atom is -0.490 e. The highest BCUT2D eigenvalue weighted by Crippen LogP contribution is 2.43. The highest BCUT2D eigenvalue weighted by molar-refractivity contribution is 5.98. The number of nitrogens with one attached hydrogen (secondary N) is 2. The number of aromatic amines is 1. The monoisotopic (exact) mass is 523 g/mol. The van der Waals surface area contributed by atoms with Crippen molar-refractivity contribution in [3.05, 3.63) is 75.8 Å². The van der Waals surface area contributed by atoms with E-state index in [9.17, 15) is 35.9 Å². The summed E-state index contributed by atoms with van der Waals surface area (Å²) in [6.07, 6.45) is -3.88. The molecule has 2 heterocycles. The molecule has 0 spiro atoms. The van der Waals surface area contributed by atoms with Gasteiger partial charge < -0.3 is 19.8 Å². The van der Waals surface area contributed by atoms with Gasteiger partial charge in [-0.2, -0.15) is 17.6 Å². The maximum absolute atomic E-state index is 14.6. The van der Waals surface area contributed by atoms with Crippen molar-refractivity contribution in [1.29, 1.82) is 0 Å². The molecule has 0 fully saturated rings. The van der Waals surface area contributed by atoms with Crippen LogP contribution >= 0.6 is 0 Å². The molecule has 4 rings (SSSR count). The fourth-order valence-electron chi connectivity index (χ4n) is 3.58. The summed E-state index contributed by atoms with van der Waals surface area (Å²) in [5.74, 6) is -6.93. The van der Waals surface area contributed by atoms with Gasteiger partial charge in [0.15, 0.2) is 17.0 Å². The number of nitrogens with zero attached hydrogens (tertiary/aromatic N) is 1. The number of carbonyl (C=O) groups is 1. The molecule has 2 N–H and O–H groups in total. The lowest BCUT2D eigenvalue weighted by Crippen LogP contribution is -2.13. The summed E-state index contributed by atoms with van der Waals surface area (Å²) in [5.41, 5.74) is -2.83. The molecular weight excluding hydrogens is 508 g/mol. The Balaban J connectivity index is 1.96. The maximum Gasteiger partial charge on any atom is 0.419 e. The molecule has 2 aromatic carbocycles. The molecule has 37 heavy (non-hydrogen) atoms. The van der Waals surface area contributed by atoms with Crippen LogP contribution in [0.1, 0.15) is 12.5 Å². The zero-order valence-corrected chi connectivity index (χ0v) is 18.9. The van der Waals surface area contributed by atoms with E-state index in [1.54, 1.807) is 0 Å². The molecule has 0 radical (unpaired) electrons. The Morgan fingerprint density at radius 3 is 2.41 bits per heavy atom. The number of hydrogen-bond donors (Lipinski definition) is 2. The van der Waals surface area contributed by atoms with Crippen LogP contribution in [-0.2, 0) is 11.0 Å². The molecule has 13 heteroatoms. The lowest BCUT2D eigenvalue weighted by molar-refractivity contribution is -0.140. The normalized spacial score (nSPS) is 11.5.